The van der Waals surface area contributed by atoms with E-state index in [0.717, 1.165) is 19.6 Å². The summed E-state index contributed by atoms with van der Waals surface area (Å²) in [6.45, 7) is 6.66. The first kappa shape index (κ1) is 14.3. The molecule has 1 fully saturated rings. The minimum Gasteiger partial charge on any atom is -0.373 e. The van der Waals surface area contributed by atoms with E-state index in [2.05, 4.69) is 40.1 Å². The van der Waals surface area contributed by atoms with Crippen molar-refractivity contribution in [3.63, 3.8) is 0 Å². The highest BCUT2D eigenvalue weighted by Crippen LogP contribution is 2.22. The fraction of sp³-hybridized carbons (Fsp3) is 0.667. The zero-order valence-electron chi connectivity index (χ0n) is 12.4. The van der Waals surface area contributed by atoms with Crippen LogP contribution < -0.4 is 10.2 Å². The number of nitrogens with zero attached hydrogens (tertiary/aromatic N) is 3. The van der Waals surface area contributed by atoms with Gasteiger partial charge in [-0.1, -0.05) is 6.92 Å². The van der Waals surface area contributed by atoms with E-state index >= 15 is 0 Å². The average Bonchev–Trinajstić information content (AvgIpc) is 2.87. The summed E-state index contributed by atoms with van der Waals surface area (Å²) in [6, 6.07) is 2.82. The zero-order chi connectivity index (χ0) is 13.7. The summed E-state index contributed by atoms with van der Waals surface area (Å²) in [6.07, 6.45) is 6.52. The molecule has 19 heavy (non-hydrogen) atoms. The molecule has 1 saturated heterocycles. The lowest BCUT2D eigenvalue weighted by Gasteiger charge is -2.30. The van der Waals surface area contributed by atoms with E-state index in [1.807, 2.05) is 19.4 Å². The Labute approximate surface area is 116 Å². The lowest BCUT2D eigenvalue weighted by atomic mass is 10.1. The molecule has 0 amide bonds. The third-order valence-corrected chi connectivity index (χ3v) is 4.05. The number of nitrogens with one attached hydrogen (secondary N) is 1. The highest BCUT2D eigenvalue weighted by molar-refractivity contribution is 5.51. The Morgan fingerprint density at radius 2 is 2.37 bits per heavy atom. The molecule has 0 saturated carbocycles. The minimum absolute atomic E-state index is 0.700. The lowest BCUT2D eigenvalue weighted by molar-refractivity contribution is 0.270. The van der Waals surface area contributed by atoms with Gasteiger partial charge >= 0.3 is 0 Å². The molecular formula is C15H26N4. The van der Waals surface area contributed by atoms with Crippen molar-refractivity contribution in [1.29, 1.82) is 0 Å². The van der Waals surface area contributed by atoms with Gasteiger partial charge in [-0.05, 0) is 39.0 Å². The SMILES string of the molecule is CCN1CCCC1CN(C)c1ccncc1CNC. The van der Waals surface area contributed by atoms with Crippen LogP contribution in [0.5, 0.6) is 0 Å². The van der Waals surface area contributed by atoms with Crippen molar-refractivity contribution in [1.82, 2.24) is 15.2 Å². The van der Waals surface area contributed by atoms with Gasteiger partial charge in [0.25, 0.3) is 0 Å². The molecule has 2 heterocycles. The van der Waals surface area contributed by atoms with E-state index in [1.54, 1.807) is 0 Å². The standard InChI is InChI=1S/C15H26N4/c1-4-19-9-5-6-14(19)12-18(3)15-7-8-17-11-13(15)10-16-2/h7-8,11,14,16H,4-6,9-10,12H2,1-3H3. The smallest absolute Gasteiger partial charge is 0.0440 e. The molecule has 1 unspecified atom stereocenters. The molecular weight excluding hydrogens is 236 g/mol. The van der Waals surface area contributed by atoms with E-state index in [0.29, 0.717) is 6.04 Å². The Morgan fingerprint density at radius 3 is 3.11 bits per heavy atom. The monoisotopic (exact) mass is 262 g/mol. The number of hydrogen-bond donors (Lipinski definition) is 1. The van der Waals surface area contributed by atoms with Crippen LogP contribution in [0.2, 0.25) is 0 Å². The van der Waals surface area contributed by atoms with Crippen LogP contribution in [-0.2, 0) is 6.54 Å². The Hall–Kier alpha value is -1.13. The minimum atomic E-state index is 0.700. The predicted molar refractivity (Wildman–Crippen MR) is 80.5 cm³/mol. The van der Waals surface area contributed by atoms with Crippen LogP contribution >= 0.6 is 0 Å². The Bertz CT molecular complexity index is 393. The lowest BCUT2D eigenvalue weighted by Crippen LogP contribution is -2.39. The van der Waals surface area contributed by atoms with Crippen LogP contribution in [0.4, 0.5) is 5.69 Å². The molecule has 106 valence electrons. The number of hydrogen-bond acceptors (Lipinski definition) is 4. The van der Waals surface area contributed by atoms with Crippen LogP contribution in [0.15, 0.2) is 18.5 Å². The van der Waals surface area contributed by atoms with Crippen molar-refractivity contribution in [2.45, 2.75) is 32.4 Å². The fourth-order valence-electron chi connectivity index (χ4n) is 3.05. The first-order valence-electron chi connectivity index (χ1n) is 7.29. The average molecular weight is 262 g/mol. The van der Waals surface area contributed by atoms with Crippen molar-refractivity contribution in [2.24, 2.45) is 0 Å². The summed E-state index contributed by atoms with van der Waals surface area (Å²) < 4.78 is 0. The van der Waals surface area contributed by atoms with Gasteiger partial charge in [-0.3, -0.25) is 9.88 Å². The molecule has 1 atom stereocenters. The quantitative estimate of drug-likeness (QED) is 0.846. The third kappa shape index (κ3) is 3.45. The number of anilines is 1. The zero-order valence-corrected chi connectivity index (χ0v) is 12.4. The molecule has 1 N–H and O–H groups in total. The van der Waals surface area contributed by atoms with Gasteiger partial charge in [0.1, 0.15) is 0 Å². The predicted octanol–water partition coefficient (Wildman–Crippen LogP) is 1.72. The highest BCUT2D eigenvalue weighted by atomic mass is 15.2. The van der Waals surface area contributed by atoms with Gasteiger partial charge in [0.15, 0.2) is 0 Å². The summed E-state index contributed by atoms with van der Waals surface area (Å²) in [5, 5.41) is 3.22. The maximum Gasteiger partial charge on any atom is 0.0440 e. The summed E-state index contributed by atoms with van der Waals surface area (Å²) in [5.41, 5.74) is 2.57. The first-order chi connectivity index (χ1) is 9.26. The Kier molecular flexibility index (Phi) is 5.16. The van der Waals surface area contributed by atoms with Gasteiger partial charge in [-0.15, -0.1) is 0 Å². The van der Waals surface area contributed by atoms with Gasteiger partial charge in [-0.2, -0.15) is 0 Å². The van der Waals surface area contributed by atoms with E-state index in [-0.39, 0.29) is 0 Å². The largest absolute Gasteiger partial charge is 0.373 e. The van der Waals surface area contributed by atoms with Crippen molar-refractivity contribution in [3.05, 3.63) is 24.0 Å². The fourth-order valence-corrected chi connectivity index (χ4v) is 3.05. The highest BCUT2D eigenvalue weighted by Gasteiger charge is 2.24. The number of pyridine rings is 1. The molecule has 2 rings (SSSR count). The Morgan fingerprint density at radius 1 is 1.53 bits per heavy atom. The molecule has 1 aliphatic heterocycles. The van der Waals surface area contributed by atoms with Gasteiger partial charge < -0.3 is 10.2 Å². The van der Waals surface area contributed by atoms with Gasteiger partial charge in [-0.25, -0.2) is 0 Å². The molecule has 0 aliphatic carbocycles. The maximum absolute atomic E-state index is 4.23. The summed E-state index contributed by atoms with van der Waals surface area (Å²) in [4.78, 5) is 9.21. The maximum atomic E-state index is 4.23. The Balaban J connectivity index is 2.05. The molecule has 1 aliphatic rings. The number of likely N-dealkylation sites (N-methyl/N-ethyl adjacent to an activating group) is 2. The van der Waals surface area contributed by atoms with Crippen molar-refractivity contribution >= 4 is 5.69 Å². The summed E-state index contributed by atoms with van der Waals surface area (Å²) in [5.74, 6) is 0. The summed E-state index contributed by atoms with van der Waals surface area (Å²) >= 11 is 0. The molecule has 0 bridgehead atoms. The summed E-state index contributed by atoms with van der Waals surface area (Å²) in [7, 11) is 4.17. The third-order valence-electron chi connectivity index (χ3n) is 4.05. The van der Waals surface area contributed by atoms with E-state index in [9.17, 15) is 0 Å². The molecule has 0 aromatic carbocycles. The first-order valence-corrected chi connectivity index (χ1v) is 7.29. The second-order valence-electron chi connectivity index (χ2n) is 5.34. The second kappa shape index (κ2) is 6.87. The van der Waals surface area contributed by atoms with Crippen LogP contribution in [0.25, 0.3) is 0 Å². The normalized spacial score (nSPS) is 19.8. The van der Waals surface area contributed by atoms with Crippen molar-refractivity contribution in [2.75, 3.05) is 38.6 Å². The van der Waals surface area contributed by atoms with Crippen molar-refractivity contribution in [3.8, 4) is 0 Å². The van der Waals surface area contributed by atoms with Crippen LogP contribution in [0, 0.1) is 0 Å². The van der Waals surface area contributed by atoms with Crippen molar-refractivity contribution < 1.29 is 0 Å². The second-order valence-corrected chi connectivity index (χ2v) is 5.34. The van der Waals surface area contributed by atoms with Crippen LogP contribution in [0.1, 0.15) is 25.3 Å². The van der Waals surface area contributed by atoms with E-state index in [1.165, 1.54) is 30.6 Å². The van der Waals surface area contributed by atoms with E-state index < -0.39 is 0 Å². The molecule has 0 spiro atoms. The van der Waals surface area contributed by atoms with E-state index in [4.69, 9.17) is 0 Å². The molecule has 0 radical (unpaired) electrons. The van der Waals surface area contributed by atoms with Crippen LogP contribution in [0.3, 0.4) is 0 Å². The number of likely N-dealkylation sites (tertiary alicyclic amines) is 1. The topological polar surface area (TPSA) is 31.4 Å². The molecule has 4 nitrogen and oxygen atoms in total. The molecule has 1 aromatic rings. The van der Waals surface area contributed by atoms with Gasteiger partial charge in [0.05, 0.1) is 0 Å². The van der Waals surface area contributed by atoms with Gasteiger partial charge in [0.2, 0.25) is 0 Å². The van der Waals surface area contributed by atoms with Crippen LogP contribution in [-0.4, -0.2) is 49.7 Å². The van der Waals surface area contributed by atoms with Gasteiger partial charge in [0, 0.05) is 49.8 Å². The number of rotatable bonds is 6. The number of aromatic nitrogens is 1. The molecule has 4 heteroatoms. The molecule has 1 aromatic heterocycles.